The Morgan fingerprint density at radius 1 is 1.04 bits per heavy atom. The Morgan fingerprint density at radius 3 is 2.50 bits per heavy atom. The zero-order valence-corrected chi connectivity index (χ0v) is 16.9. The number of hydrogen-bond acceptors (Lipinski definition) is 2. The zero-order valence-electron chi connectivity index (χ0n) is 16.1. The van der Waals surface area contributed by atoms with Crippen molar-refractivity contribution in [3.8, 4) is 0 Å². The summed E-state index contributed by atoms with van der Waals surface area (Å²) in [4.78, 5) is 10.6. The fraction of sp³-hybridized carbons (Fsp3) is 0.864. The molecule has 3 rings (SSSR count). The number of carbonyl (C=O) groups is 1. The highest BCUT2D eigenvalue weighted by molar-refractivity contribution is 7.84. The second-order valence-corrected chi connectivity index (χ2v) is 10.5. The average molecular weight is 381 g/mol. The molecular weight excluding hydrogens is 344 g/mol. The molecule has 26 heavy (non-hydrogen) atoms. The Balaban J connectivity index is 1.41. The van der Waals surface area contributed by atoms with Crippen molar-refractivity contribution in [2.45, 2.75) is 77.0 Å². The molecule has 1 unspecified atom stereocenters. The summed E-state index contributed by atoms with van der Waals surface area (Å²) in [6, 6.07) is 0. The van der Waals surface area contributed by atoms with E-state index in [0.29, 0.717) is 5.92 Å². The van der Waals surface area contributed by atoms with E-state index in [4.69, 9.17) is 5.11 Å². The first-order valence-electron chi connectivity index (χ1n) is 10.8. The molecule has 0 spiro atoms. The van der Waals surface area contributed by atoms with Gasteiger partial charge >= 0.3 is 5.97 Å². The van der Waals surface area contributed by atoms with E-state index in [1.807, 2.05) is 0 Å². The van der Waals surface area contributed by atoms with Gasteiger partial charge in [-0.1, -0.05) is 37.8 Å². The third kappa shape index (κ3) is 5.68. The molecule has 3 fully saturated rings. The SMILES string of the molecule is O=C(O)CCCC=CC[C@H]1[C@H]2CC[C@H](C2)[C@H]1CS(=O)CCC1CCCC1. The normalized spacial score (nSPS) is 32.6. The van der Waals surface area contributed by atoms with Crippen molar-refractivity contribution in [2.75, 3.05) is 11.5 Å². The van der Waals surface area contributed by atoms with Gasteiger partial charge in [-0.2, -0.15) is 0 Å². The number of aliphatic carboxylic acids is 1. The quantitative estimate of drug-likeness (QED) is 0.397. The summed E-state index contributed by atoms with van der Waals surface area (Å²) >= 11 is 0. The van der Waals surface area contributed by atoms with Crippen LogP contribution < -0.4 is 0 Å². The van der Waals surface area contributed by atoms with Crippen LogP contribution in [0.1, 0.15) is 77.0 Å². The van der Waals surface area contributed by atoms with E-state index in [1.54, 1.807) is 0 Å². The van der Waals surface area contributed by atoms with Gasteiger partial charge in [0, 0.05) is 28.7 Å². The lowest BCUT2D eigenvalue weighted by molar-refractivity contribution is -0.137. The molecule has 0 aliphatic heterocycles. The van der Waals surface area contributed by atoms with Crippen molar-refractivity contribution in [1.82, 2.24) is 0 Å². The largest absolute Gasteiger partial charge is 0.481 e. The van der Waals surface area contributed by atoms with Gasteiger partial charge in [-0.05, 0) is 74.5 Å². The topological polar surface area (TPSA) is 54.4 Å². The van der Waals surface area contributed by atoms with Crippen LogP contribution in [0.25, 0.3) is 0 Å². The highest BCUT2D eigenvalue weighted by Crippen LogP contribution is 2.53. The zero-order chi connectivity index (χ0) is 18.4. The van der Waals surface area contributed by atoms with Crippen molar-refractivity contribution < 1.29 is 14.1 Å². The van der Waals surface area contributed by atoms with Crippen LogP contribution in [0.4, 0.5) is 0 Å². The minimum atomic E-state index is -0.702. The Morgan fingerprint density at radius 2 is 1.77 bits per heavy atom. The third-order valence-corrected chi connectivity index (χ3v) is 8.67. The van der Waals surface area contributed by atoms with Crippen LogP contribution >= 0.6 is 0 Å². The predicted octanol–water partition coefficient (Wildman–Crippen LogP) is 5.18. The fourth-order valence-electron chi connectivity index (χ4n) is 5.79. The van der Waals surface area contributed by atoms with E-state index < -0.39 is 16.8 Å². The lowest BCUT2D eigenvalue weighted by Crippen LogP contribution is -2.28. The van der Waals surface area contributed by atoms with Crippen LogP contribution in [-0.4, -0.2) is 26.8 Å². The molecule has 5 atom stereocenters. The van der Waals surface area contributed by atoms with Crippen LogP contribution in [0, 0.1) is 29.6 Å². The molecule has 0 aromatic carbocycles. The maximum atomic E-state index is 12.7. The Bertz CT molecular complexity index is 510. The molecule has 3 saturated carbocycles. The fourth-order valence-corrected chi connectivity index (χ4v) is 7.51. The van der Waals surface area contributed by atoms with E-state index >= 15 is 0 Å². The Hall–Kier alpha value is -0.640. The van der Waals surface area contributed by atoms with Crippen LogP contribution in [-0.2, 0) is 15.6 Å². The van der Waals surface area contributed by atoms with E-state index in [2.05, 4.69) is 12.2 Å². The highest BCUT2D eigenvalue weighted by atomic mass is 32.2. The van der Waals surface area contributed by atoms with E-state index in [9.17, 15) is 9.00 Å². The molecule has 0 heterocycles. The van der Waals surface area contributed by atoms with Crippen LogP contribution in [0.2, 0.25) is 0 Å². The second kappa shape index (κ2) is 10.1. The smallest absolute Gasteiger partial charge is 0.303 e. The maximum absolute atomic E-state index is 12.7. The van der Waals surface area contributed by atoms with Crippen molar-refractivity contribution >= 4 is 16.8 Å². The van der Waals surface area contributed by atoms with Crippen LogP contribution in [0.3, 0.4) is 0 Å². The summed E-state index contributed by atoms with van der Waals surface area (Å²) in [5.74, 6) is 5.07. The van der Waals surface area contributed by atoms with Gasteiger partial charge in [0.1, 0.15) is 0 Å². The first kappa shape index (κ1) is 20.1. The van der Waals surface area contributed by atoms with Crippen molar-refractivity contribution in [3.63, 3.8) is 0 Å². The summed E-state index contributed by atoms with van der Waals surface area (Å²) < 4.78 is 12.7. The second-order valence-electron chi connectivity index (χ2n) is 8.90. The first-order chi connectivity index (χ1) is 12.6. The van der Waals surface area contributed by atoms with Gasteiger partial charge in [0.2, 0.25) is 0 Å². The number of unbranched alkanes of at least 4 members (excludes halogenated alkanes) is 1. The standard InChI is InChI=1S/C22H36O3S/c23-22(24)10-4-2-1-3-9-20-18-11-12-19(15-18)21(20)16-26(25)14-13-17-7-5-6-8-17/h1,3,17-21H,2,4-16H2,(H,23,24)/t18-,19+,20-,21+,26?/m0/s1. The molecule has 0 radical (unpaired) electrons. The van der Waals surface area contributed by atoms with Crippen LogP contribution in [0.15, 0.2) is 12.2 Å². The van der Waals surface area contributed by atoms with Gasteiger partial charge in [-0.25, -0.2) is 0 Å². The summed E-state index contributed by atoms with van der Waals surface area (Å²) in [5.41, 5.74) is 0. The van der Waals surface area contributed by atoms with Crippen molar-refractivity contribution in [3.05, 3.63) is 12.2 Å². The molecular formula is C22H36O3S. The molecule has 3 aliphatic carbocycles. The minimum absolute atomic E-state index is 0.265. The van der Waals surface area contributed by atoms with E-state index in [-0.39, 0.29) is 6.42 Å². The highest BCUT2D eigenvalue weighted by Gasteiger charge is 2.46. The van der Waals surface area contributed by atoms with Gasteiger partial charge in [0.25, 0.3) is 0 Å². The molecule has 3 nitrogen and oxygen atoms in total. The Labute approximate surface area is 161 Å². The average Bonchev–Trinajstić information content (AvgIpc) is 3.34. The lowest BCUT2D eigenvalue weighted by Gasteiger charge is -2.30. The third-order valence-electron chi connectivity index (χ3n) is 7.22. The van der Waals surface area contributed by atoms with E-state index in [1.165, 1.54) is 51.4 Å². The van der Waals surface area contributed by atoms with Gasteiger partial charge in [0.15, 0.2) is 0 Å². The summed E-state index contributed by atoms with van der Waals surface area (Å²) in [7, 11) is -0.633. The Kier molecular flexibility index (Phi) is 7.77. The van der Waals surface area contributed by atoms with Gasteiger partial charge < -0.3 is 5.11 Å². The molecule has 0 aromatic rings. The number of carboxylic acids is 1. The molecule has 0 saturated heterocycles. The van der Waals surface area contributed by atoms with Crippen molar-refractivity contribution in [2.24, 2.45) is 29.6 Å². The number of rotatable bonds is 11. The molecule has 1 N–H and O–H groups in total. The number of fused-ring (bicyclic) bond motifs is 2. The predicted molar refractivity (Wildman–Crippen MR) is 108 cm³/mol. The lowest BCUT2D eigenvalue weighted by atomic mass is 9.78. The molecule has 0 amide bonds. The monoisotopic (exact) mass is 380 g/mol. The summed E-state index contributed by atoms with van der Waals surface area (Å²) in [6.07, 6.45) is 18.2. The molecule has 0 aromatic heterocycles. The molecule has 148 valence electrons. The van der Waals surface area contributed by atoms with Gasteiger partial charge in [-0.3, -0.25) is 9.00 Å². The molecule has 4 heteroatoms. The van der Waals surface area contributed by atoms with Crippen molar-refractivity contribution in [1.29, 1.82) is 0 Å². The van der Waals surface area contributed by atoms with Gasteiger partial charge in [-0.15, -0.1) is 0 Å². The first-order valence-corrected chi connectivity index (χ1v) is 12.3. The summed E-state index contributed by atoms with van der Waals surface area (Å²) in [5, 5.41) is 8.69. The number of hydrogen-bond donors (Lipinski definition) is 1. The molecule has 2 bridgehead atoms. The number of carboxylic acid groups (broad SMARTS) is 1. The van der Waals surface area contributed by atoms with Crippen LogP contribution in [0.5, 0.6) is 0 Å². The van der Waals surface area contributed by atoms with Gasteiger partial charge in [0.05, 0.1) is 0 Å². The molecule has 3 aliphatic rings. The maximum Gasteiger partial charge on any atom is 0.303 e. The number of allylic oxidation sites excluding steroid dienone is 2. The van der Waals surface area contributed by atoms with E-state index in [0.717, 1.165) is 54.4 Å². The summed E-state index contributed by atoms with van der Waals surface area (Å²) in [6.45, 7) is 0. The minimum Gasteiger partial charge on any atom is -0.481 e.